The minimum atomic E-state index is -0.146. The number of rotatable bonds is 4. The highest BCUT2D eigenvalue weighted by Gasteiger charge is 2.32. The molecule has 158 valence electrons. The molecular weight excluding hydrogens is 366 g/mol. The number of aromatic hydroxyl groups is 1. The first kappa shape index (κ1) is 20.2. The topological polar surface area (TPSA) is 72.9 Å². The zero-order valence-corrected chi connectivity index (χ0v) is 17.2. The maximum absolute atomic E-state index is 13.2. The summed E-state index contributed by atoms with van der Waals surface area (Å²) in [5.74, 6) is 0.456. The molecule has 1 aromatic rings. The van der Waals surface area contributed by atoms with Gasteiger partial charge in [0.2, 0.25) is 11.8 Å². The number of carbonyl (C=O) groups is 2. The zero-order valence-electron chi connectivity index (χ0n) is 17.2. The van der Waals surface area contributed by atoms with Gasteiger partial charge in [-0.2, -0.15) is 0 Å². The molecule has 1 saturated carbocycles. The van der Waals surface area contributed by atoms with Crippen LogP contribution in [0.15, 0.2) is 18.2 Å². The van der Waals surface area contributed by atoms with E-state index >= 15 is 0 Å². The maximum Gasteiger partial charge on any atom is 0.234 e. The molecule has 1 aliphatic heterocycles. The third kappa shape index (κ3) is 4.74. The Morgan fingerprint density at radius 2 is 1.76 bits per heavy atom. The van der Waals surface area contributed by atoms with E-state index in [4.69, 9.17) is 0 Å². The highest BCUT2D eigenvalue weighted by molar-refractivity contribution is 5.85. The zero-order chi connectivity index (χ0) is 20.2. The van der Waals surface area contributed by atoms with E-state index in [1.165, 1.54) is 19.3 Å². The van der Waals surface area contributed by atoms with E-state index in [0.29, 0.717) is 31.4 Å². The van der Waals surface area contributed by atoms with Crippen molar-refractivity contribution in [3.05, 3.63) is 29.3 Å². The molecule has 3 aliphatic rings. The quantitative estimate of drug-likeness (QED) is 0.816. The lowest BCUT2D eigenvalue weighted by Gasteiger charge is -2.37. The number of hydrogen-bond acceptors (Lipinski definition) is 4. The summed E-state index contributed by atoms with van der Waals surface area (Å²) in [5.41, 5.74) is 1.94. The summed E-state index contributed by atoms with van der Waals surface area (Å²) in [5, 5.41) is 13.3. The Balaban J connectivity index is 1.28. The summed E-state index contributed by atoms with van der Waals surface area (Å²) in [6.45, 7) is 3.24. The number of fused-ring (bicyclic) bond motifs is 1. The molecule has 0 bridgehead atoms. The Bertz CT molecular complexity index is 737. The van der Waals surface area contributed by atoms with Gasteiger partial charge in [0.1, 0.15) is 5.75 Å². The Labute approximate surface area is 173 Å². The summed E-state index contributed by atoms with van der Waals surface area (Å²) in [7, 11) is 0. The van der Waals surface area contributed by atoms with E-state index in [9.17, 15) is 14.7 Å². The molecular formula is C23H33N3O3. The first-order chi connectivity index (χ1) is 14.1. The fourth-order valence-electron chi connectivity index (χ4n) is 5.16. The van der Waals surface area contributed by atoms with Gasteiger partial charge >= 0.3 is 0 Å². The van der Waals surface area contributed by atoms with Crippen LogP contribution in [0.25, 0.3) is 0 Å². The van der Waals surface area contributed by atoms with Crippen LogP contribution in [0.4, 0.5) is 0 Å². The van der Waals surface area contributed by atoms with Gasteiger partial charge in [-0.1, -0.05) is 31.4 Å². The molecule has 6 heteroatoms. The van der Waals surface area contributed by atoms with E-state index in [1.807, 2.05) is 17.0 Å². The van der Waals surface area contributed by atoms with Gasteiger partial charge < -0.3 is 15.3 Å². The van der Waals surface area contributed by atoms with Crippen LogP contribution in [0.2, 0.25) is 0 Å². The molecule has 0 spiro atoms. The van der Waals surface area contributed by atoms with Gasteiger partial charge in [-0.25, -0.2) is 0 Å². The van der Waals surface area contributed by atoms with Crippen molar-refractivity contribution in [2.45, 2.75) is 63.3 Å². The molecule has 2 N–H and O–H groups in total. The second-order valence-corrected chi connectivity index (χ2v) is 8.79. The number of amides is 2. The van der Waals surface area contributed by atoms with Gasteiger partial charge in [-0.3, -0.25) is 14.5 Å². The maximum atomic E-state index is 13.2. The second kappa shape index (κ2) is 9.16. The summed E-state index contributed by atoms with van der Waals surface area (Å²) >= 11 is 0. The van der Waals surface area contributed by atoms with Crippen LogP contribution in [0.5, 0.6) is 5.75 Å². The van der Waals surface area contributed by atoms with Crippen LogP contribution in [0, 0.1) is 0 Å². The number of phenolic OH excluding ortho intramolecular Hbond substituents is 1. The standard InChI is InChI=1S/C23H33N3O3/c27-21-11-5-8-18-19(21)9-4-10-20(18)23(29)26-14-12-25(13-15-26)16-22(28)24-17-6-2-1-3-7-17/h5,8,11,17,20,27H,1-4,6-7,9-10,12-16H2,(H,24,28). The normalized spacial score (nSPS) is 23.4. The molecule has 2 fully saturated rings. The van der Waals surface area contributed by atoms with Crippen LogP contribution in [0.3, 0.4) is 0 Å². The van der Waals surface area contributed by atoms with Crippen molar-refractivity contribution in [3.63, 3.8) is 0 Å². The fraction of sp³-hybridized carbons (Fsp3) is 0.652. The molecule has 0 radical (unpaired) electrons. The Morgan fingerprint density at radius 1 is 1.00 bits per heavy atom. The molecule has 29 heavy (non-hydrogen) atoms. The van der Waals surface area contributed by atoms with Crippen molar-refractivity contribution >= 4 is 11.8 Å². The van der Waals surface area contributed by atoms with Gasteiger partial charge in [0, 0.05) is 32.2 Å². The number of benzene rings is 1. The molecule has 4 rings (SSSR count). The Kier molecular flexibility index (Phi) is 6.38. The molecule has 6 nitrogen and oxygen atoms in total. The van der Waals surface area contributed by atoms with Crippen molar-refractivity contribution < 1.29 is 14.7 Å². The van der Waals surface area contributed by atoms with E-state index in [2.05, 4.69) is 10.2 Å². The van der Waals surface area contributed by atoms with E-state index in [0.717, 1.165) is 56.3 Å². The predicted molar refractivity (Wildman–Crippen MR) is 112 cm³/mol. The van der Waals surface area contributed by atoms with Gasteiger partial charge in [0.15, 0.2) is 0 Å². The predicted octanol–water partition coefficient (Wildman–Crippen LogP) is 2.41. The number of piperazine rings is 1. The summed E-state index contributed by atoms with van der Waals surface area (Å²) in [4.78, 5) is 29.6. The number of nitrogens with one attached hydrogen (secondary N) is 1. The third-order valence-electron chi connectivity index (χ3n) is 6.80. The lowest BCUT2D eigenvalue weighted by Crippen LogP contribution is -2.53. The molecule has 1 heterocycles. The van der Waals surface area contributed by atoms with Crippen molar-refractivity contribution in [1.82, 2.24) is 15.1 Å². The number of phenols is 1. The smallest absolute Gasteiger partial charge is 0.234 e. The lowest BCUT2D eigenvalue weighted by atomic mass is 9.81. The Hall–Kier alpha value is -2.08. The van der Waals surface area contributed by atoms with Gasteiger partial charge in [0.25, 0.3) is 0 Å². The largest absolute Gasteiger partial charge is 0.508 e. The number of hydrogen-bond donors (Lipinski definition) is 2. The number of nitrogens with zero attached hydrogens (tertiary/aromatic N) is 2. The van der Waals surface area contributed by atoms with Crippen LogP contribution in [-0.2, 0) is 16.0 Å². The van der Waals surface area contributed by atoms with Gasteiger partial charge in [-0.15, -0.1) is 0 Å². The average molecular weight is 400 g/mol. The second-order valence-electron chi connectivity index (χ2n) is 8.79. The van der Waals surface area contributed by atoms with Crippen LogP contribution >= 0.6 is 0 Å². The van der Waals surface area contributed by atoms with E-state index < -0.39 is 0 Å². The first-order valence-corrected chi connectivity index (χ1v) is 11.2. The number of carbonyl (C=O) groups excluding carboxylic acids is 2. The van der Waals surface area contributed by atoms with Gasteiger partial charge in [0.05, 0.1) is 12.5 Å². The monoisotopic (exact) mass is 399 g/mol. The fourth-order valence-corrected chi connectivity index (χ4v) is 5.16. The molecule has 0 aromatic heterocycles. The van der Waals surface area contributed by atoms with Crippen molar-refractivity contribution in [1.29, 1.82) is 0 Å². The molecule has 1 atom stereocenters. The van der Waals surface area contributed by atoms with Crippen LogP contribution in [0.1, 0.15) is 62.0 Å². The summed E-state index contributed by atoms with van der Waals surface area (Å²) in [6.07, 6.45) is 8.55. The van der Waals surface area contributed by atoms with Crippen molar-refractivity contribution in [2.24, 2.45) is 0 Å². The summed E-state index contributed by atoms with van der Waals surface area (Å²) in [6, 6.07) is 5.88. The SMILES string of the molecule is O=C(CN1CCN(C(=O)C2CCCc3c(O)cccc32)CC1)NC1CCCCC1. The molecule has 1 saturated heterocycles. The van der Waals surface area contributed by atoms with Crippen LogP contribution in [-0.4, -0.2) is 65.5 Å². The van der Waals surface area contributed by atoms with E-state index in [-0.39, 0.29) is 17.7 Å². The molecule has 2 aliphatic carbocycles. The highest BCUT2D eigenvalue weighted by atomic mass is 16.3. The summed E-state index contributed by atoms with van der Waals surface area (Å²) < 4.78 is 0. The molecule has 2 amide bonds. The molecule has 1 aromatic carbocycles. The molecule has 1 unspecified atom stereocenters. The van der Waals surface area contributed by atoms with Gasteiger partial charge in [-0.05, 0) is 49.3 Å². The minimum absolute atomic E-state index is 0.119. The highest BCUT2D eigenvalue weighted by Crippen LogP contribution is 2.37. The average Bonchev–Trinajstić information content (AvgIpc) is 2.74. The third-order valence-corrected chi connectivity index (χ3v) is 6.80. The van der Waals surface area contributed by atoms with Crippen molar-refractivity contribution in [3.8, 4) is 5.75 Å². The van der Waals surface area contributed by atoms with Crippen molar-refractivity contribution in [2.75, 3.05) is 32.7 Å². The van der Waals surface area contributed by atoms with Crippen LogP contribution < -0.4 is 5.32 Å². The Morgan fingerprint density at radius 3 is 2.52 bits per heavy atom. The lowest BCUT2D eigenvalue weighted by molar-refractivity contribution is -0.135. The first-order valence-electron chi connectivity index (χ1n) is 11.2. The van der Waals surface area contributed by atoms with E-state index in [1.54, 1.807) is 6.07 Å². The minimum Gasteiger partial charge on any atom is -0.508 e.